The second-order valence-corrected chi connectivity index (χ2v) is 6.55. The molecule has 3 aliphatic carbocycles. The van der Waals surface area contributed by atoms with Gasteiger partial charge in [0, 0.05) is 24.2 Å². The molecule has 0 radical (unpaired) electrons. The number of hydrogen-bond acceptors (Lipinski definition) is 2. The van der Waals surface area contributed by atoms with Gasteiger partial charge in [0.15, 0.2) is 0 Å². The van der Waals surface area contributed by atoms with Crippen LogP contribution in [0.15, 0.2) is 6.20 Å². The average Bonchev–Trinajstić information content (AvgIpc) is 2.83. The number of aromatic nitrogens is 2. The lowest BCUT2D eigenvalue weighted by atomic mass is 9.92. The van der Waals surface area contributed by atoms with Crippen molar-refractivity contribution in [2.45, 2.75) is 44.6 Å². The van der Waals surface area contributed by atoms with Gasteiger partial charge in [0.05, 0.1) is 12.2 Å². The summed E-state index contributed by atoms with van der Waals surface area (Å²) in [6.07, 6.45) is 8.86. The Morgan fingerprint density at radius 3 is 2.95 bits per heavy atom. The maximum atomic E-state index is 12.4. The minimum absolute atomic E-state index is 0.196. The van der Waals surface area contributed by atoms with Crippen LogP contribution in [0.4, 0.5) is 0 Å². The summed E-state index contributed by atoms with van der Waals surface area (Å²) in [5, 5.41) is 7.62. The van der Waals surface area contributed by atoms with Crippen molar-refractivity contribution < 1.29 is 4.79 Å². The van der Waals surface area contributed by atoms with Crippen molar-refractivity contribution in [3.8, 4) is 0 Å². The molecule has 0 spiro atoms. The molecule has 1 aromatic heterocycles. The molecule has 0 saturated heterocycles. The monoisotopic (exact) mass is 259 g/mol. The molecule has 2 fully saturated rings. The standard InChI is InChI=1S/C15H21N3O/c1-18-14-4-2-3-13(12(14)8-16-18)17-15(19)11-6-9-5-10(9)7-11/h8-11,13H,2-7H2,1H3,(H,17,19). The van der Waals surface area contributed by atoms with Gasteiger partial charge < -0.3 is 5.32 Å². The van der Waals surface area contributed by atoms with Gasteiger partial charge in [-0.3, -0.25) is 9.48 Å². The highest BCUT2D eigenvalue weighted by Gasteiger charge is 2.48. The van der Waals surface area contributed by atoms with Crippen LogP contribution in [0.2, 0.25) is 0 Å². The molecule has 1 heterocycles. The van der Waals surface area contributed by atoms with E-state index in [1.54, 1.807) is 0 Å². The van der Waals surface area contributed by atoms with Crippen LogP contribution in [0.3, 0.4) is 0 Å². The lowest BCUT2D eigenvalue weighted by Gasteiger charge is -2.25. The van der Waals surface area contributed by atoms with Crippen LogP contribution >= 0.6 is 0 Å². The Hall–Kier alpha value is -1.32. The predicted molar refractivity (Wildman–Crippen MR) is 71.4 cm³/mol. The Labute approximate surface area is 113 Å². The molecule has 1 amide bonds. The van der Waals surface area contributed by atoms with E-state index < -0.39 is 0 Å². The summed E-state index contributed by atoms with van der Waals surface area (Å²) in [5.41, 5.74) is 2.54. The van der Waals surface area contributed by atoms with Crippen molar-refractivity contribution in [2.24, 2.45) is 24.8 Å². The zero-order valence-corrected chi connectivity index (χ0v) is 11.4. The van der Waals surface area contributed by atoms with E-state index in [-0.39, 0.29) is 17.9 Å². The summed E-state index contributed by atoms with van der Waals surface area (Å²) in [6, 6.07) is 0.196. The summed E-state index contributed by atoms with van der Waals surface area (Å²) < 4.78 is 1.96. The number of rotatable bonds is 2. The summed E-state index contributed by atoms with van der Waals surface area (Å²) in [4.78, 5) is 12.4. The lowest BCUT2D eigenvalue weighted by molar-refractivity contribution is -0.126. The highest BCUT2D eigenvalue weighted by atomic mass is 16.2. The molecular formula is C15H21N3O. The molecule has 4 heteroatoms. The first-order chi connectivity index (χ1) is 9.22. The van der Waals surface area contributed by atoms with Gasteiger partial charge in [0.25, 0.3) is 0 Å². The molecule has 2 saturated carbocycles. The summed E-state index contributed by atoms with van der Waals surface area (Å²) in [7, 11) is 1.99. The van der Waals surface area contributed by atoms with E-state index in [9.17, 15) is 4.79 Å². The number of aryl methyl sites for hydroxylation is 1. The molecular weight excluding hydrogens is 238 g/mol. The largest absolute Gasteiger partial charge is 0.349 e. The van der Waals surface area contributed by atoms with Crippen LogP contribution in [0.25, 0.3) is 0 Å². The quantitative estimate of drug-likeness (QED) is 0.882. The SMILES string of the molecule is Cn1ncc2c1CCCC2NC(=O)C1CC2CC2C1. The van der Waals surface area contributed by atoms with E-state index in [2.05, 4.69) is 10.4 Å². The van der Waals surface area contributed by atoms with Crippen LogP contribution in [-0.4, -0.2) is 15.7 Å². The average molecular weight is 259 g/mol. The maximum absolute atomic E-state index is 12.4. The third-order valence-electron chi connectivity index (χ3n) is 5.31. The van der Waals surface area contributed by atoms with E-state index in [1.165, 1.54) is 17.7 Å². The Kier molecular flexibility index (Phi) is 2.47. The highest BCUT2D eigenvalue weighted by Crippen LogP contribution is 2.54. The zero-order chi connectivity index (χ0) is 13.0. The second-order valence-electron chi connectivity index (χ2n) is 6.55. The molecule has 3 atom stereocenters. The number of nitrogens with zero attached hydrogens (tertiary/aromatic N) is 2. The molecule has 4 nitrogen and oxygen atoms in total. The fraction of sp³-hybridized carbons (Fsp3) is 0.733. The van der Waals surface area contributed by atoms with Crippen LogP contribution in [0, 0.1) is 17.8 Å². The minimum atomic E-state index is 0.196. The Bertz CT molecular complexity index is 511. The smallest absolute Gasteiger partial charge is 0.223 e. The predicted octanol–water partition coefficient (Wildman–Crippen LogP) is 1.96. The van der Waals surface area contributed by atoms with Crippen LogP contribution in [0.1, 0.15) is 49.4 Å². The minimum Gasteiger partial charge on any atom is -0.349 e. The summed E-state index contributed by atoms with van der Waals surface area (Å²) in [6.45, 7) is 0. The first kappa shape index (κ1) is 11.5. The van der Waals surface area contributed by atoms with Gasteiger partial charge in [-0.2, -0.15) is 5.10 Å². The molecule has 0 aliphatic heterocycles. The molecule has 4 rings (SSSR count). The molecule has 0 bridgehead atoms. The number of nitrogens with one attached hydrogen (secondary N) is 1. The molecule has 19 heavy (non-hydrogen) atoms. The van der Waals surface area contributed by atoms with E-state index in [1.807, 2.05) is 17.9 Å². The Morgan fingerprint density at radius 2 is 2.16 bits per heavy atom. The van der Waals surface area contributed by atoms with Crippen LogP contribution in [0.5, 0.6) is 0 Å². The van der Waals surface area contributed by atoms with Crippen molar-refractivity contribution in [1.82, 2.24) is 15.1 Å². The number of fused-ring (bicyclic) bond motifs is 2. The van der Waals surface area contributed by atoms with E-state index in [4.69, 9.17) is 0 Å². The number of carbonyl (C=O) groups is 1. The van der Waals surface area contributed by atoms with Gasteiger partial charge >= 0.3 is 0 Å². The molecule has 1 N–H and O–H groups in total. The van der Waals surface area contributed by atoms with Crippen molar-refractivity contribution in [3.05, 3.63) is 17.5 Å². The molecule has 0 aromatic carbocycles. The Morgan fingerprint density at radius 1 is 1.37 bits per heavy atom. The van der Waals surface area contributed by atoms with E-state index in [0.29, 0.717) is 0 Å². The number of amides is 1. The first-order valence-electron chi connectivity index (χ1n) is 7.53. The molecule has 102 valence electrons. The number of hydrogen-bond donors (Lipinski definition) is 1. The van der Waals surface area contributed by atoms with Gasteiger partial charge in [-0.05, 0) is 50.4 Å². The van der Waals surface area contributed by atoms with Gasteiger partial charge in [-0.1, -0.05) is 0 Å². The van der Waals surface area contributed by atoms with Crippen LogP contribution in [-0.2, 0) is 18.3 Å². The third-order valence-corrected chi connectivity index (χ3v) is 5.31. The summed E-state index contributed by atoms with van der Waals surface area (Å²) >= 11 is 0. The topological polar surface area (TPSA) is 46.9 Å². The van der Waals surface area contributed by atoms with Gasteiger partial charge in [0.1, 0.15) is 0 Å². The molecule has 3 aliphatic rings. The maximum Gasteiger partial charge on any atom is 0.223 e. The highest BCUT2D eigenvalue weighted by molar-refractivity contribution is 5.79. The second kappa shape index (κ2) is 4.09. The van der Waals surface area contributed by atoms with Gasteiger partial charge in [0.2, 0.25) is 5.91 Å². The van der Waals surface area contributed by atoms with E-state index >= 15 is 0 Å². The van der Waals surface area contributed by atoms with Crippen molar-refractivity contribution in [2.75, 3.05) is 0 Å². The van der Waals surface area contributed by atoms with Crippen LogP contribution < -0.4 is 5.32 Å². The van der Waals surface area contributed by atoms with Crippen molar-refractivity contribution in [3.63, 3.8) is 0 Å². The van der Waals surface area contributed by atoms with Crippen molar-refractivity contribution >= 4 is 5.91 Å². The number of carbonyl (C=O) groups excluding carboxylic acids is 1. The van der Waals surface area contributed by atoms with Gasteiger partial charge in [-0.25, -0.2) is 0 Å². The fourth-order valence-electron chi connectivity index (χ4n) is 4.07. The molecule has 1 aromatic rings. The Balaban J connectivity index is 1.47. The normalized spacial score (nSPS) is 35.6. The van der Waals surface area contributed by atoms with Gasteiger partial charge in [-0.15, -0.1) is 0 Å². The third kappa shape index (κ3) is 1.88. The first-order valence-corrected chi connectivity index (χ1v) is 7.53. The summed E-state index contributed by atoms with van der Waals surface area (Å²) in [5.74, 6) is 2.31. The fourth-order valence-corrected chi connectivity index (χ4v) is 4.07. The molecule has 3 unspecified atom stereocenters. The zero-order valence-electron chi connectivity index (χ0n) is 11.4. The lowest BCUT2D eigenvalue weighted by Crippen LogP contribution is -2.35. The van der Waals surface area contributed by atoms with Crippen molar-refractivity contribution in [1.29, 1.82) is 0 Å². The van der Waals surface area contributed by atoms with E-state index in [0.717, 1.165) is 43.9 Å².